The molecule has 2 nitrogen and oxygen atoms in total. The minimum Gasteiger partial charge on any atom is -0.494 e. The molecule has 13 heavy (non-hydrogen) atoms. The fourth-order valence-corrected chi connectivity index (χ4v) is 1.51. The zero-order valence-corrected chi connectivity index (χ0v) is 8.61. The molecule has 1 aromatic carbocycles. The predicted molar refractivity (Wildman–Crippen MR) is 52.9 cm³/mol. The Morgan fingerprint density at radius 2 is 2.08 bits per heavy atom. The first-order valence-electron chi connectivity index (χ1n) is 3.90. The van der Waals surface area contributed by atoms with E-state index in [-0.39, 0.29) is 0 Å². The summed E-state index contributed by atoms with van der Waals surface area (Å²) in [4.78, 5) is 10.7. The van der Waals surface area contributed by atoms with Gasteiger partial charge in [-0.15, -0.1) is 0 Å². The van der Waals surface area contributed by atoms with Crippen molar-refractivity contribution in [1.29, 1.82) is 0 Å². The Morgan fingerprint density at radius 1 is 1.46 bits per heavy atom. The topological polar surface area (TPSA) is 26.3 Å². The third kappa shape index (κ3) is 1.68. The minimum absolute atomic E-state index is 0.458. The van der Waals surface area contributed by atoms with E-state index < -0.39 is 0 Å². The van der Waals surface area contributed by atoms with Gasteiger partial charge in [-0.05, 0) is 31.0 Å². The monoisotopic (exact) mass is 198 g/mol. The number of aldehydes is 1. The van der Waals surface area contributed by atoms with Crippen LogP contribution in [-0.4, -0.2) is 13.4 Å². The van der Waals surface area contributed by atoms with E-state index in [0.717, 1.165) is 17.4 Å². The molecule has 1 aromatic rings. The number of halogens is 1. The Labute approximate surface area is 82.5 Å². The van der Waals surface area contributed by atoms with Gasteiger partial charge in [0.05, 0.1) is 17.7 Å². The first kappa shape index (κ1) is 10.1. The number of hydrogen-bond donors (Lipinski definition) is 0. The number of rotatable bonds is 2. The quantitative estimate of drug-likeness (QED) is 0.684. The second-order valence-corrected chi connectivity index (χ2v) is 3.25. The van der Waals surface area contributed by atoms with Crippen molar-refractivity contribution in [3.05, 3.63) is 27.8 Å². The molecule has 3 heteroatoms. The highest BCUT2D eigenvalue weighted by Crippen LogP contribution is 2.32. The highest BCUT2D eigenvalue weighted by Gasteiger charge is 2.11. The van der Waals surface area contributed by atoms with Crippen molar-refractivity contribution in [3.63, 3.8) is 0 Å². The van der Waals surface area contributed by atoms with Gasteiger partial charge in [-0.1, -0.05) is 11.6 Å². The summed E-state index contributed by atoms with van der Waals surface area (Å²) in [5.74, 6) is 0.458. The van der Waals surface area contributed by atoms with Crippen molar-refractivity contribution in [1.82, 2.24) is 0 Å². The number of methoxy groups -OCH3 is 1. The normalized spacial score (nSPS) is 9.85. The lowest BCUT2D eigenvalue weighted by Crippen LogP contribution is -1.95. The number of ether oxygens (including phenoxy) is 1. The van der Waals surface area contributed by atoms with Crippen molar-refractivity contribution in [2.45, 2.75) is 13.8 Å². The lowest BCUT2D eigenvalue weighted by molar-refractivity contribution is 0.112. The van der Waals surface area contributed by atoms with E-state index >= 15 is 0 Å². The van der Waals surface area contributed by atoms with Gasteiger partial charge >= 0.3 is 0 Å². The zero-order chi connectivity index (χ0) is 10.0. The smallest absolute Gasteiger partial charge is 0.153 e. The van der Waals surface area contributed by atoms with Crippen LogP contribution in [0.4, 0.5) is 0 Å². The van der Waals surface area contributed by atoms with E-state index in [1.165, 1.54) is 7.11 Å². The van der Waals surface area contributed by atoms with Crippen LogP contribution in [0.1, 0.15) is 21.5 Å². The summed E-state index contributed by atoms with van der Waals surface area (Å²) in [6.45, 7) is 3.81. The third-order valence-corrected chi connectivity index (χ3v) is 2.54. The molecule has 0 bridgehead atoms. The molecule has 0 spiro atoms. The summed E-state index contributed by atoms with van der Waals surface area (Å²) in [7, 11) is 1.50. The maximum atomic E-state index is 10.7. The molecule has 0 aliphatic carbocycles. The van der Waals surface area contributed by atoms with Crippen LogP contribution in [0.2, 0.25) is 5.02 Å². The highest BCUT2D eigenvalue weighted by atomic mass is 35.5. The second-order valence-electron chi connectivity index (χ2n) is 2.87. The second kappa shape index (κ2) is 3.79. The van der Waals surface area contributed by atoms with Crippen molar-refractivity contribution < 1.29 is 9.53 Å². The minimum atomic E-state index is 0.458. The van der Waals surface area contributed by atoms with Crippen LogP contribution < -0.4 is 4.74 Å². The Morgan fingerprint density at radius 3 is 2.54 bits per heavy atom. The lowest BCUT2D eigenvalue weighted by Gasteiger charge is -2.10. The summed E-state index contributed by atoms with van der Waals surface area (Å²) in [5, 5.41) is 0.518. The summed E-state index contributed by atoms with van der Waals surface area (Å²) in [5.41, 5.74) is 2.44. The van der Waals surface area contributed by atoms with E-state index in [9.17, 15) is 4.79 Å². The molecule has 0 heterocycles. The molecule has 0 fully saturated rings. The summed E-state index contributed by atoms with van der Waals surface area (Å²) in [6, 6.07) is 1.77. The zero-order valence-electron chi connectivity index (χ0n) is 7.85. The molecular weight excluding hydrogens is 188 g/mol. The summed E-state index contributed by atoms with van der Waals surface area (Å²) < 4.78 is 5.04. The molecule has 0 N–H and O–H groups in total. The van der Waals surface area contributed by atoms with E-state index in [1.54, 1.807) is 6.07 Å². The first-order chi connectivity index (χ1) is 6.11. The number of aryl methyl sites for hydroxylation is 1. The van der Waals surface area contributed by atoms with Crippen LogP contribution in [0, 0.1) is 13.8 Å². The molecule has 0 amide bonds. The Kier molecular flexibility index (Phi) is 2.94. The summed E-state index contributed by atoms with van der Waals surface area (Å²) in [6.07, 6.45) is 0.747. The highest BCUT2D eigenvalue weighted by molar-refractivity contribution is 6.33. The average molecular weight is 199 g/mol. The largest absolute Gasteiger partial charge is 0.494 e. The molecule has 0 aromatic heterocycles. The van der Waals surface area contributed by atoms with E-state index in [1.807, 2.05) is 13.8 Å². The fraction of sp³-hybridized carbons (Fsp3) is 0.300. The summed E-state index contributed by atoms with van der Waals surface area (Å²) >= 11 is 6.00. The Balaban J connectivity index is 3.47. The number of benzene rings is 1. The van der Waals surface area contributed by atoms with Gasteiger partial charge in [0.1, 0.15) is 5.75 Å². The lowest BCUT2D eigenvalue weighted by atomic mass is 10.1. The number of carbonyl (C=O) groups excluding carboxylic acids is 1. The van der Waals surface area contributed by atoms with Crippen molar-refractivity contribution >= 4 is 17.9 Å². The Hall–Kier alpha value is -1.02. The van der Waals surface area contributed by atoms with Gasteiger partial charge in [-0.3, -0.25) is 4.79 Å². The molecule has 0 radical (unpaired) electrons. The van der Waals surface area contributed by atoms with Gasteiger partial charge in [0.15, 0.2) is 6.29 Å². The van der Waals surface area contributed by atoms with Crippen LogP contribution in [0.3, 0.4) is 0 Å². The van der Waals surface area contributed by atoms with Gasteiger partial charge in [0.25, 0.3) is 0 Å². The van der Waals surface area contributed by atoms with Gasteiger partial charge < -0.3 is 4.74 Å². The van der Waals surface area contributed by atoms with E-state index in [2.05, 4.69) is 0 Å². The molecule has 0 aliphatic heterocycles. The van der Waals surface area contributed by atoms with Crippen LogP contribution >= 0.6 is 11.6 Å². The van der Waals surface area contributed by atoms with Gasteiger partial charge in [-0.2, -0.15) is 0 Å². The van der Waals surface area contributed by atoms with Gasteiger partial charge in [-0.25, -0.2) is 0 Å². The third-order valence-electron chi connectivity index (χ3n) is 2.09. The average Bonchev–Trinajstić information content (AvgIpc) is 2.13. The van der Waals surface area contributed by atoms with Gasteiger partial charge in [0, 0.05) is 0 Å². The van der Waals surface area contributed by atoms with Crippen LogP contribution in [0.25, 0.3) is 0 Å². The van der Waals surface area contributed by atoms with Crippen molar-refractivity contribution in [3.8, 4) is 5.75 Å². The number of carbonyl (C=O) groups is 1. The molecule has 0 aliphatic rings. The van der Waals surface area contributed by atoms with Crippen LogP contribution in [0.5, 0.6) is 5.75 Å². The number of hydrogen-bond acceptors (Lipinski definition) is 2. The standard InChI is InChI=1S/C10H11ClO2/c1-6-4-8(5-12)10(13-3)9(11)7(6)2/h4-5H,1-3H3. The first-order valence-corrected chi connectivity index (χ1v) is 4.28. The molecule has 1 rings (SSSR count). The van der Waals surface area contributed by atoms with Crippen LogP contribution in [-0.2, 0) is 0 Å². The van der Waals surface area contributed by atoms with Crippen LogP contribution in [0.15, 0.2) is 6.07 Å². The molecular formula is C10H11ClO2. The maximum absolute atomic E-state index is 10.7. The van der Waals surface area contributed by atoms with Crippen molar-refractivity contribution in [2.75, 3.05) is 7.11 Å². The molecule has 70 valence electrons. The van der Waals surface area contributed by atoms with E-state index in [0.29, 0.717) is 16.3 Å². The van der Waals surface area contributed by atoms with Crippen molar-refractivity contribution in [2.24, 2.45) is 0 Å². The maximum Gasteiger partial charge on any atom is 0.153 e. The molecule has 0 saturated heterocycles. The van der Waals surface area contributed by atoms with Gasteiger partial charge in [0.2, 0.25) is 0 Å². The Bertz CT molecular complexity index is 345. The fourth-order valence-electron chi connectivity index (χ4n) is 1.17. The molecule has 0 atom stereocenters. The van der Waals surface area contributed by atoms with E-state index in [4.69, 9.17) is 16.3 Å². The predicted octanol–water partition coefficient (Wildman–Crippen LogP) is 2.78. The molecule has 0 saturated carbocycles. The SMILES string of the molecule is COc1c(C=O)cc(C)c(C)c1Cl. The molecule has 0 unspecified atom stereocenters.